The van der Waals surface area contributed by atoms with E-state index in [1.165, 1.54) is 6.92 Å². The van der Waals surface area contributed by atoms with Crippen LogP contribution in [0.4, 0.5) is 4.79 Å². The van der Waals surface area contributed by atoms with E-state index in [1.54, 1.807) is 0 Å². The molecule has 0 aromatic heterocycles. The van der Waals surface area contributed by atoms with E-state index in [9.17, 15) is 22.8 Å². The van der Waals surface area contributed by atoms with Crippen LogP contribution in [0.25, 0.3) is 0 Å². The number of hydrogen-bond donors (Lipinski definition) is 4. The van der Waals surface area contributed by atoms with Crippen molar-refractivity contribution >= 4 is 28.2 Å². The summed E-state index contributed by atoms with van der Waals surface area (Å²) in [6.07, 6.45) is 0.526. The molecule has 2 aliphatic rings. The second kappa shape index (κ2) is 6.27. The molecule has 0 radical (unpaired) electrons. The Hall–Kier alpha value is -1.96. The lowest BCUT2D eigenvalue weighted by molar-refractivity contribution is -0.132. The third kappa shape index (κ3) is 3.87. The minimum absolute atomic E-state index is 0.0632. The molecule has 5 N–H and O–H groups in total. The van der Waals surface area contributed by atoms with Gasteiger partial charge in [-0.3, -0.25) is 25.0 Å². The number of piperidine rings is 1. The molecular formula is C10H17N5O7S. The van der Waals surface area contributed by atoms with Crippen molar-refractivity contribution in [3.8, 4) is 0 Å². The average Bonchev–Trinajstić information content (AvgIpc) is 2.68. The number of nitrogens with two attached hydrogens (primary N) is 1. The van der Waals surface area contributed by atoms with E-state index in [0.717, 1.165) is 4.90 Å². The van der Waals surface area contributed by atoms with Crippen LogP contribution in [-0.4, -0.2) is 65.4 Å². The van der Waals surface area contributed by atoms with Gasteiger partial charge < -0.3 is 10.6 Å². The van der Waals surface area contributed by atoms with Crippen molar-refractivity contribution in [3.63, 3.8) is 0 Å². The van der Waals surface area contributed by atoms with Crippen molar-refractivity contribution in [2.24, 2.45) is 5.73 Å². The summed E-state index contributed by atoms with van der Waals surface area (Å²) in [5.74, 6) is -1.24. The Bertz CT molecular complexity index is 621. The first-order chi connectivity index (χ1) is 10.6. The molecule has 4 amide bonds. The van der Waals surface area contributed by atoms with E-state index < -0.39 is 46.4 Å². The molecule has 2 aliphatic heterocycles. The van der Waals surface area contributed by atoms with Crippen LogP contribution >= 0.6 is 0 Å². The summed E-state index contributed by atoms with van der Waals surface area (Å²) in [6, 6.07) is -3.17. The number of urea groups is 1. The maximum atomic E-state index is 12.1. The largest absolute Gasteiger partial charge is 0.418 e. The number of amides is 4. The van der Waals surface area contributed by atoms with Crippen LogP contribution in [0.5, 0.6) is 0 Å². The van der Waals surface area contributed by atoms with Crippen LogP contribution in [0.3, 0.4) is 0 Å². The van der Waals surface area contributed by atoms with Gasteiger partial charge in [0, 0.05) is 6.54 Å². The van der Waals surface area contributed by atoms with Crippen LogP contribution in [-0.2, 0) is 24.3 Å². The van der Waals surface area contributed by atoms with Gasteiger partial charge in [0.2, 0.25) is 0 Å². The number of hydrogen-bond acceptors (Lipinski definition) is 7. The normalized spacial score (nSPS) is 25.3. The first-order valence-corrected chi connectivity index (χ1v) is 8.09. The average molecular weight is 351 g/mol. The molecule has 12 nitrogen and oxygen atoms in total. The fourth-order valence-corrected chi connectivity index (χ4v) is 2.81. The third-order valence-corrected chi connectivity index (χ3v) is 3.87. The van der Waals surface area contributed by atoms with Gasteiger partial charge >= 0.3 is 16.4 Å². The molecule has 23 heavy (non-hydrogen) atoms. The number of fused-ring (bicyclic) bond motifs is 2. The summed E-state index contributed by atoms with van der Waals surface area (Å²) in [4.78, 5) is 36.6. The monoisotopic (exact) mass is 351 g/mol. The van der Waals surface area contributed by atoms with Crippen LogP contribution in [0.2, 0.25) is 0 Å². The lowest BCUT2D eigenvalue weighted by Gasteiger charge is -2.29. The summed E-state index contributed by atoms with van der Waals surface area (Å²) in [5.41, 5.74) is 9.61. The topological polar surface area (TPSA) is 171 Å². The van der Waals surface area contributed by atoms with Crippen LogP contribution in [0, 0.1) is 0 Å². The minimum atomic E-state index is -4.84. The second-order valence-corrected chi connectivity index (χ2v) is 6.28. The van der Waals surface area contributed by atoms with Gasteiger partial charge in [-0.25, -0.2) is 4.79 Å². The Morgan fingerprint density at radius 2 is 2.04 bits per heavy atom. The summed E-state index contributed by atoms with van der Waals surface area (Å²) in [6.45, 7) is 1.49. The van der Waals surface area contributed by atoms with E-state index >= 15 is 0 Å². The van der Waals surface area contributed by atoms with Crippen molar-refractivity contribution in [1.29, 1.82) is 0 Å². The van der Waals surface area contributed by atoms with E-state index in [-0.39, 0.29) is 19.4 Å². The molecule has 2 bridgehead atoms. The van der Waals surface area contributed by atoms with Crippen molar-refractivity contribution in [3.05, 3.63) is 0 Å². The molecule has 0 spiro atoms. The molecule has 13 heteroatoms. The number of rotatable bonds is 4. The lowest BCUT2D eigenvalue weighted by atomic mass is 10.0. The zero-order valence-electron chi connectivity index (χ0n) is 12.1. The molecule has 2 rings (SSSR count). The zero-order valence-corrected chi connectivity index (χ0v) is 12.9. The van der Waals surface area contributed by atoms with Gasteiger partial charge in [0.05, 0.1) is 12.1 Å². The Labute approximate surface area is 131 Å². The van der Waals surface area contributed by atoms with Gasteiger partial charge in [-0.1, -0.05) is 0 Å². The molecule has 3 atom stereocenters. The van der Waals surface area contributed by atoms with E-state index in [4.69, 9.17) is 10.3 Å². The fraction of sp³-hybridized carbons (Fsp3) is 0.700. The van der Waals surface area contributed by atoms with E-state index in [2.05, 4.69) is 15.1 Å². The Morgan fingerprint density at radius 1 is 1.39 bits per heavy atom. The van der Waals surface area contributed by atoms with Crippen LogP contribution in [0.15, 0.2) is 0 Å². The van der Waals surface area contributed by atoms with Gasteiger partial charge in [0.1, 0.15) is 6.04 Å². The fourth-order valence-electron chi connectivity index (χ4n) is 2.42. The first-order valence-electron chi connectivity index (χ1n) is 6.72. The van der Waals surface area contributed by atoms with Crippen LogP contribution < -0.4 is 16.6 Å². The highest BCUT2D eigenvalue weighted by atomic mass is 32.3. The van der Waals surface area contributed by atoms with Crippen molar-refractivity contribution in [1.82, 2.24) is 20.8 Å². The molecule has 2 unspecified atom stereocenters. The third-order valence-electron chi connectivity index (χ3n) is 3.52. The van der Waals surface area contributed by atoms with E-state index in [1.807, 2.05) is 0 Å². The van der Waals surface area contributed by atoms with Gasteiger partial charge in [-0.15, -0.1) is 4.28 Å². The Kier molecular flexibility index (Phi) is 4.74. The molecule has 0 saturated carbocycles. The molecule has 2 fully saturated rings. The van der Waals surface area contributed by atoms with Gasteiger partial charge in [-0.05, 0) is 19.8 Å². The van der Waals surface area contributed by atoms with Gasteiger partial charge in [0.15, 0.2) is 0 Å². The number of carbonyl (C=O) groups is 3. The highest BCUT2D eigenvalue weighted by molar-refractivity contribution is 7.80. The zero-order chi connectivity index (χ0) is 17.4. The van der Waals surface area contributed by atoms with Crippen molar-refractivity contribution in [2.45, 2.75) is 37.9 Å². The predicted molar refractivity (Wildman–Crippen MR) is 73.3 cm³/mol. The van der Waals surface area contributed by atoms with E-state index in [0.29, 0.717) is 5.06 Å². The summed E-state index contributed by atoms with van der Waals surface area (Å²) in [7, 11) is -4.84. The standard InChI is InChI=1S/C10H17N5O7S/c1-5(11)8(16)12-13-9(17)7-3-2-6-4-14(7)10(18)15(6)22-23(19,20)21/h5-7H,2-4,11H2,1H3,(H,12,16)(H,13,17)(H,19,20,21)/t5?,6?,7-/m0/s1. The molecule has 130 valence electrons. The number of nitrogens with zero attached hydrogens (tertiary/aromatic N) is 2. The Balaban J connectivity index is 2.01. The van der Waals surface area contributed by atoms with Gasteiger partial charge in [0.25, 0.3) is 11.8 Å². The molecule has 0 aromatic carbocycles. The lowest BCUT2D eigenvalue weighted by Crippen LogP contribution is -2.56. The van der Waals surface area contributed by atoms with Crippen molar-refractivity contribution in [2.75, 3.05) is 6.54 Å². The molecule has 2 saturated heterocycles. The maximum Gasteiger partial charge on any atom is 0.418 e. The molecule has 0 aliphatic carbocycles. The highest BCUT2D eigenvalue weighted by Gasteiger charge is 2.49. The molecular weight excluding hydrogens is 334 g/mol. The molecule has 2 heterocycles. The van der Waals surface area contributed by atoms with Crippen LogP contribution in [0.1, 0.15) is 19.8 Å². The Morgan fingerprint density at radius 3 is 2.61 bits per heavy atom. The number of hydrazine groups is 1. The number of nitrogens with one attached hydrogen (secondary N) is 2. The smallest absolute Gasteiger partial charge is 0.320 e. The SMILES string of the molecule is CC(N)C(=O)NNC(=O)[C@@H]1CCC2CN1C(=O)N2OS(=O)(=O)O. The number of carbonyl (C=O) groups excluding carboxylic acids is 3. The van der Waals surface area contributed by atoms with Crippen molar-refractivity contribution < 1.29 is 31.6 Å². The maximum absolute atomic E-state index is 12.1. The predicted octanol–water partition coefficient (Wildman–Crippen LogP) is -2.52. The number of hydroxylamine groups is 2. The second-order valence-electron chi connectivity index (χ2n) is 5.28. The van der Waals surface area contributed by atoms with Gasteiger partial charge in [-0.2, -0.15) is 13.5 Å². The molecule has 0 aromatic rings. The minimum Gasteiger partial charge on any atom is -0.320 e. The first kappa shape index (κ1) is 17.4. The summed E-state index contributed by atoms with van der Waals surface area (Å²) in [5, 5.41) is 0.531. The quantitative estimate of drug-likeness (QED) is 0.317. The summed E-state index contributed by atoms with van der Waals surface area (Å²) >= 11 is 0. The summed E-state index contributed by atoms with van der Waals surface area (Å²) < 4.78 is 34.4. The highest BCUT2D eigenvalue weighted by Crippen LogP contribution is 2.30.